The van der Waals surface area contributed by atoms with E-state index in [0.29, 0.717) is 18.8 Å². The first-order valence-electron chi connectivity index (χ1n) is 10.6. The number of benzene rings is 1. The molecule has 1 fully saturated rings. The van der Waals surface area contributed by atoms with Crippen LogP contribution in [0.15, 0.2) is 71.8 Å². The number of piperidine rings is 1. The number of carbonyl (C=O) groups is 2. The number of primary amides is 1. The number of pyridine rings is 2. The monoisotopic (exact) mass is 431 g/mol. The van der Waals surface area contributed by atoms with Gasteiger partial charge >= 0.3 is 0 Å². The highest BCUT2D eigenvalue weighted by molar-refractivity contribution is 6.03. The number of aromatic nitrogens is 2. The fourth-order valence-electron chi connectivity index (χ4n) is 3.88. The number of nitrogens with zero attached hydrogens (tertiary/aromatic N) is 3. The van der Waals surface area contributed by atoms with Crippen LogP contribution in [0.2, 0.25) is 0 Å². The molecule has 1 atom stereocenters. The first-order valence-corrected chi connectivity index (χ1v) is 10.6. The summed E-state index contributed by atoms with van der Waals surface area (Å²) in [6, 6.07) is 16.3. The molecule has 164 valence electrons. The van der Waals surface area contributed by atoms with E-state index in [0.717, 1.165) is 30.8 Å². The van der Waals surface area contributed by atoms with Crippen molar-refractivity contribution in [2.45, 2.75) is 19.4 Å². The van der Waals surface area contributed by atoms with Gasteiger partial charge in [-0.3, -0.25) is 14.4 Å². The summed E-state index contributed by atoms with van der Waals surface area (Å²) in [5, 5.41) is 2.74. The standard InChI is InChI=1S/C24H25N5O3/c25-22(30)18-8-4-12-28(16-18)21-11-10-19(14-26-21)27-23(31)20-9-5-13-29(24(20)32)15-17-6-2-1-3-7-17/h1-3,5-7,9-11,13-14,18H,4,8,12,15-16H2,(H2,25,30)(H,27,31). The molecule has 0 radical (unpaired) electrons. The van der Waals surface area contributed by atoms with Crippen LogP contribution in [0.25, 0.3) is 0 Å². The zero-order valence-corrected chi connectivity index (χ0v) is 17.6. The molecule has 2 amide bonds. The van der Waals surface area contributed by atoms with Gasteiger partial charge in [-0.25, -0.2) is 4.98 Å². The number of carbonyl (C=O) groups excluding carboxylic acids is 2. The Hall–Kier alpha value is -3.94. The average molecular weight is 431 g/mol. The third-order valence-corrected chi connectivity index (χ3v) is 5.61. The third-order valence-electron chi connectivity index (χ3n) is 5.61. The van der Waals surface area contributed by atoms with Gasteiger partial charge in [0.05, 0.1) is 24.3 Å². The molecule has 3 heterocycles. The Morgan fingerprint density at radius 1 is 1.09 bits per heavy atom. The average Bonchev–Trinajstić information content (AvgIpc) is 2.81. The fraction of sp³-hybridized carbons (Fsp3) is 0.250. The van der Waals surface area contributed by atoms with E-state index in [-0.39, 0.29) is 22.9 Å². The van der Waals surface area contributed by atoms with Gasteiger partial charge in [0, 0.05) is 19.3 Å². The van der Waals surface area contributed by atoms with E-state index in [1.54, 1.807) is 30.6 Å². The summed E-state index contributed by atoms with van der Waals surface area (Å²) in [5.74, 6) is -0.238. The van der Waals surface area contributed by atoms with Crippen LogP contribution in [-0.4, -0.2) is 34.5 Å². The molecule has 8 heteroatoms. The molecule has 1 aliphatic heterocycles. The number of amides is 2. The van der Waals surface area contributed by atoms with Gasteiger partial charge in [0.15, 0.2) is 0 Å². The van der Waals surface area contributed by atoms with Gasteiger partial charge in [-0.2, -0.15) is 0 Å². The molecule has 2 aromatic heterocycles. The predicted octanol–water partition coefficient (Wildman–Crippen LogP) is 2.25. The molecule has 8 nitrogen and oxygen atoms in total. The van der Waals surface area contributed by atoms with E-state index in [9.17, 15) is 14.4 Å². The minimum Gasteiger partial charge on any atom is -0.369 e. The van der Waals surface area contributed by atoms with Crippen LogP contribution in [0.5, 0.6) is 0 Å². The van der Waals surface area contributed by atoms with Gasteiger partial charge in [-0.15, -0.1) is 0 Å². The zero-order chi connectivity index (χ0) is 22.5. The summed E-state index contributed by atoms with van der Waals surface area (Å²) in [6.07, 6.45) is 4.88. The highest BCUT2D eigenvalue weighted by Crippen LogP contribution is 2.22. The third kappa shape index (κ3) is 4.85. The smallest absolute Gasteiger partial charge is 0.263 e. The predicted molar refractivity (Wildman–Crippen MR) is 123 cm³/mol. The molecule has 1 unspecified atom stereocenters. The van der Waals surface area contributed by atoms with Crippen LogP contribution in [0, 0.1) is 5.92 Å². The van der Waals surface area contributed by atoms with Crippen molar-refractivity contribution in [3.05, 3.63) is 88.5 Å². The molecule has 3 N–H and O–H groups in total. The minimum absolute atomic E-state index is 0.0628. The van der Waals surface area contributed by atoms with Crippen molar-refractivity contribution in [2.24, 2.45) is 11.7 Å². The number of nitrogens with two attached hydrogens (primary N) is 1. The Morgan fingerprint density at radius 3 is 2.62 bits per heavy atom. The maximum absolute atomic E-state index is 12.8. The van der Waals surface area contributed by atoms with Crippen molar-refractivity contribution in [3.8, 4) is 0 Å². The van der Waals surface area contributed by atoms with Crippen LogP contribution in [0.4, 0.5) is 11.5 Å². The van der Waals surface area contributed by atoms with E-state index in [2.05, 4.69) is 10.3 Å². The quantitative estimate of drug-likeness (QED) is 0.622. The van der Waals surface area contributed by atoms with E-state index in [1.165, 1.54) is 10.6 Å². The van der Waals surface area contributed by atoms with Crippen molar-refractivity contribution in [1.82, 2.24) is 9.55 Å². The molecule has 0 bridgehead atoms. The maximum Gasteiger partial charge on any atom is 0.263 e. The van der Waals surface area contributed by atoms with Crippen LogP contribution >= 0.6 is 0 Å². The molecule has 32 heavy (non-hydrogen) atoms. The van der Waals surface area contributed by atoms with Crippen molar-refractivity contribution in [2.75, 3.05) is 23.3 Å². The Kier molecular flexibility index (Phi) is 6.30. The number of anilines is 2. The Morgan fingerprint density at radius 2 is 1.91 bits per heavy atom. The Balaban J connectivity index is 1.45. The van der Waals surface area contributed by atoms with Crippen LogP contribution < -0.4 is 21.5 Å². The van der Waals surface area contributed by atoms with Crippen LogP contribution in [-0.2, 0) is 11.3 Å². The Bertz CT molecular complexity index is 1160. The molecule has 0 saturated carbocycles. The van der Waals surface area contributed by atoms with Crippen molar-refractivity contribution in [1.29, 1.82) is 0 Å². The summed E-state index contributed by atoms with van der Waals surface area (Å²) >= 11 is 0. The molecule has 4 rings (SSSR count). The summed E-state index contributed by atoms with van der Waals surface area (Å²) in [6.45, 7) is 1.73. The lowest BCUT2D eigenvalue weighted by Gasteiger charge is -2.32. The van der Waals surface area contributed by atoms with Crippen molar-refractivity contribution < 1.29 is 9.59 Å². The summed E-state index contributed by atoms with van der Waals surface area (Å²) in [4.78, 5) is 43.5. The second-order valence-corrected chi connectivity index (χ2v) is 7.89. The molecule has 1 aromatic carbocycles. The molecule has 0 spiro atoms. The number of rotatable bonds is 6. The van der Waals surface area contributed by atoms with Crippen LogP contribution in [0.1, 0.15) is 28.8 Å². The number of hydrogen-bond donors (Lipinski definition) is 2. The van der Waals surface area contributed by atoms with Gasteiger partial charge < -0.3 is 20.5 Å². The van der Waals surface area contributed by atoms with Gasteiger partial charge in [0.2, 0.25) is 5.91 Å². The lowest BCUT2D eigenvalue weighted by molar-refractivity contribution is -0.122. The molecule has 3 aromatic rings. The van der Waals surface area contributed by atoms with Gasteiger partial charge in [-0.1, -0.05) is 30.3 Å². The van der Waals surface area contributed by atoms with Crippen molar-refractivity contribution in [3.63, 3.8) is 0 Å². The lowest BCUT2D eigenvalue weighted by Crippen LogP contribution is -2.41. The van der Waals surface area contributed by atoms with E-state index in [1.807, 2.05) is 35.2 Å². The highest BCUT2D eigenvalue weighted by Gasteiger charge is 2.24. The first kappa shape index (κ1) is 21.3. The second-order valence-electron chi connectivity index (χ2n) is 7.89. The van der Waals surface area contributed by atoms with E-state index >= 15 is 0 Å². The Labute approximate surface area is 185 Å². The number of hydrogen-bond acceptors (Lipinski definition) is 5. The fourth-order valence-corrected chi connectivity index (χ4v) is 3.88. The summed E-state index contributed by atoms with van der Waals surface area (Å²) in [7, 11) is 0. The van der Waals surface area contributed by atoms with Crippen LogP contribution in [0.3, 0.4) is 0 Å². The van der Waals surface area contributed by atoms with E-state index < -0.39 is 5.91 Å². The largest absolute Gasteiger partial charge is 0.369 e. The first-order chi connectivity index (χ1) is 15.5. The second kappa shape index (κ2) is 9.47. The minimum atomic E-state index is -0.487. The van der Waals surface area contributed by atoms with E-state index in [4.69, 9.17) is 5.73 Å². The molecule has 1 aliphatic rings. The summed E-state index contributed by atoms with van der Waals surface area (Å²) in [5.41, 5.74) is 6.61. The highest BCUT2D eigenvalue weighted by atomic mass is 16.2. The molecule has 0 aliphatic carbocycles. The van der Waals surface area contributed by atoms with Gasteiger partial charge in [0.25, 0.3) is 11.5 Å². The van der Waals surface area contributed by atoms with Crippen molar-refractivity contribution >= 4 is 23.3 Å². The topological polar surface area (TPSA) is 110 Å². The molecular weight excluding hydrogens is 406 g/mol. The summed E-state index contributed by atoms with van der Waals surface area (Å²) < 4.78 is 1.51. The molecular formula is C24H25N5O3. The number of nitrogens with one attached hydrogen (secondary N) is 1. The van der Waals surface area contributed by atoms with Gasteiger partial charge in [0.1, 0.15) is 11.4 Å². The normalized spacial score (nSPS) is 15.9. The maximum atomic E-state index is 12.8. The molecule has 1 saturated heterocycles. The SMILES string of the molecule is NC(=O)C1CCCN(c2ccc(NC(=O)c3cccn(Cc4ccccc4)c3=O)cn2)C1. The van der Waals surface area contributed by atoms with Gasteiger partial charge in [-0.05, 0) is 42.7 Å². The zero-order valence-electron chi connectivity index (χ0n) is 17.6. The lowest BCUT2D eigenvalue weighted by atomic mass is 9.97.